The number of nitrogens with zero attached hydrogens (tertiary/aromatic N) is 3. The topological polar surface area (TPSA) is 67.2 Å². The van der Waals surface area contributed by atoms with E-state index in [4.69, 9.17) is 11.6 Å². The highest BCUT2D eigenvalue weighted by molar-refractivity contribution is 7.89. The number of hydrogen-bond acceptors (Lipinski definition) is 4. The van der Waals surface area contributed by atoms with Crippen LogP contribution < -0.4 is 5.32 Å². The zero-order valence-corrected chi connectivity index (χ0v) is 14.6. The number of aromatic nitrogens is 2. The van der Waals surface area contributed by atoms with E-state index in [-0.39, 0.29) is 10.9 Å². The molecular weight excluding hydrogens is 336 g/mol. The molecule has 1 N–H and O–H groups in total. The monoisotopic (exact) mass is 354 g/mol. The molecule has 3 rings (SSSR count). The minimum atomic E-state index is -3.64. The fourth-order valence-electron chi connectivity index (χ4n) is 2.76. The van der Waals surface area contributed by atoms with Crippen LogP contribution in [-0.2, 0) is 17.1 Å². The van der Waals surface area contributed by atoms with E-state index < -0.39 is 10.0 Å². The van der Waals surface area contributed by atoms with Crippen molar-refractivity contribution in [3.05, 3.63) is 47.0 Å². The second-order valence-corrected chi connectivity index (χ2v) is 7.94. The van der Waals surface area contributed by atoms with Gasteiger partial charge in [0.2, 0.25) is 10.0 Å². The Morgan fingerprint density at radius 1 is 1.39 bits per heavy atom. The molecule has 2 aromatic rings. The first-order valence-corrected chi connectivity index (χ1v) is 9.19. The Morgan fingerprint density at radius 2 is 2.17 bits per heavy atom. The van der Waals surface area contributed by atoms with E-state index in [0.29, 0.717) is 24.7 Å². The first kappa shape index (κ1) is 16.4. The van der Waals surface area contributed by atoms with E-state index in [9.17, 15) is 8.42 Å². The van der Waals surface area contributed by atoms with Crippen LogP contribution in [0.1, 0.15) is 17.4 Å². The van der Waals surface area contributed by atoms with Crippen LogP contribution in [0.2, 0.25) is 5.02 Å². The predicted molar refractivity (Wildman–Crippen MR) is 88.9 cm³/mol. The molecule has 124 valence electrons. The molecule has 1 atom stereocenters. The minimum absolute atomic E-state index is 0.217. The summed E-state index contributed by atoms with van der Waals surface area (Å²) in [7, 11) is -1.77. The van der Waals surface area contributed by atoms with Crippen molar-refractivity contribution >= 4 is 21.6 Å². The number of sulfonamides is 1. The third-order valence-corrected chi connectivity index (χ3v) is 6.41. The Morgan fingerprint density at radius 3 is 2.83 bits per heavy atom. The first-order chi connectivity index (χ1) is 10.9. The first-order valence-electron chi connectivity index (χ1n) is 7.37. The van der Waals surface area contributed by atoms with Gasteiger partial charge in [-0.25, -0.2) is 13.4 Å². The summed E-state index contributed by atoms with van der Waals surface area (Å²) in [6.45, 7) is 3.38. The van der Waals surface area contributed by atoms with Crippen molar-refractivity contribution < 1.29 is 8.42 Å². The third kappa shape index (κ3) is 3.01. The minimum Gasteiger partial charge on any atom is -0.337 e. The van der Waals surface area contributed by atoms with Crippen molar-refractivity contribution in [2.45, 2.75) is 17.9 Å². The summed E-state index contributed by atoms with van der Waals surface area (Å²) in [5, 5.41) is 3.69. The summed E-state index contributed by atoms with van der Waals surface area (Å²) >= 11 is 6.11. The molecule has 1 aromatic heterocycles. The highest BCUT2D eigenvalue weighted by Gasteiger charge is 2.36. The van der Waals surface area contributed by atoms with Crippen LogP contribution in [0.15, 0.2) is 35.5 Å². The molecule has 1 unspecified atom stereocenters. The fraction of sp³-hybridized carbons (Fsp3) is 0.400. The molecule has 1 aliphatic heterocycles. The molecule has 0 bridgehead atoms. The summed E-state index contributed by atoms with van der Waals surface area (Å²) < 4.78 is 29.5. The molecule has 0 radical (unpaired) electrons. The van der Waals surface area contributed by atoms with Crippen molar-refractivity contribution in [3.63, 3.8) is 0 Å². The smallest absolute Gasteiger partial charge is 0.243 e. The number of halogens is 1. The lowest BCUT2D eigenvalue weighted by atomic mass is 10.2. The van der Waals surface area contributed by atoms with Crippen molar-refractivity contribution in [1.29, 1.82) is 0 Å². The van der Waals surface area contributed by atoms with Crippen LogP contribution in [0.25, 0.3) is 0 Å². The van der Waals surface area contributed by atoms with Crippen LogP contribution in [0.3, 0.4) is 0 Å². The van der Waals surface area contributed by atoms with Gasteiger partial charge in [-0.3, -0.25) is 0 Å². The average molecular weight is 355 g/mol. The highest BCUT2D eigenvalue weighted by atomic mass is 35.5. The quantitative estimate of drug-likeness (QED) is 0.911. The Hall–Kier alpha value is -1.41. The van der Waals surface area contributed by atoms with E-state index in [1.165, 1.54) is 10.4 Å². The molecule has 0 saturated carbocycles. The van der Waals surface area contributed by atoms with Crippen molar-refractivity contribution in [3.8, 4) is 0 Å². The van der Waals surface area contributed by atoms with Gasteiger partial charge in [-0.2, -0.15) is 4.31 Å². The molecule has 0 amide bonds. The molecule has 0 spiro atoms. The van der Waals surface area contributed by atoms with Crippen LogP contribution in [-0.4, -0.2) is 41.9 Å². The molecule has 1 aliphatic rings. The number of piperazine rings is 1. The van der Waals surface area contributed by atoms with Gasteiger partial charge in [0.25, 0.3) is 0 Å². The van der Waals surface area contributed by atoms with Crippen molar-refractivity contribution in [2.75, 3.05) is 19.6 Å². The molecule has 23 heavy (non-hydrogen) atoms. The summed E-state index contributed by atoms with van der Waals surface area (Å²) in [4.78, 5) is 4.54. The Labute approximate surface area is 141 Å². The molecule has 0 aliphatic carbocycles. The van der Waals surface area contributed by atoms with Gasteiger partial charge in [-0.1, -0.05) is 17.7 Å². The lowest BCUT2D eigenvalue weighted by molar-refractivity contribution is 0.258. The molecule has 1 fully saturated rings. The third-order valence-electron chi connectivity index (χ3n) is 4.10. The number of imidazole rings is 1. The fourth-order valence-corrected chi connectivity index (χ4v) is 4.62. The van der Waals surface area contributed by atoms with Gasteiger partial charge in [0, 0.05) is 44.1 Å². The van der Waals surface area contributed by atoms with Gasteiger partial charge >= 0.3 is 0 Å². The second-order valence-electron chi connectivity index (χ2n) is 5.64. The van der Waals surface area contributed by atoms with E-state index in [1.807, 2.05) is 24.7 Å². The highest BCUT2D eigenvalue weighted by Crippen LogP contribution is 2.29. The number of rotatable bonds is 3. The zero-order valence-electron chi connectivity index (χ0n) is 13.0. The summed E-state index contributed by atoms with van der Waals surface area (Å²) in [6.07, 6.45) is 3.50. The van der Waals surface area contributed by atoms with Gasteiger partial charge in [0.1, 0.15) is 5.82 Å². The Kier molecular flexibility index (Phi) is 4.46. The second kappa shape index (κ2) is 6.24. The van der Waals surface area contributed by atoms with E-state index >= 15 is 0 Å². The number of hydrogen-bond donors (Lipinski definition) is 1. The maximum atomic E-state index is 13.1. The normalized spacial score (nSPS) is 19.9. The summed E-state index contributed by atoms with van der Waals surface area (Å²) in [5.74, 6) is 0.721. The zero-order chi connectivity index (χ0) is 16.6. The van der Waals surface area contributed by atoms with Crippen LogP contribution in [0, 0.1) is 6.92 Å². The number of benzene rings is 1. The van der Waals surface area contributed by atoms with E-state index in [1.54, 1.807) is 18.3 Å². The largest absolute Gasteiger partial charge is 0.337 e. The average Bonchev–Trinajstić information content (AvgIpc) is 2.96. The SMILES string of the molecule is Cc1ccc(S(=O)(=O)N2CCNCC2c2nccn2C)cc1Cl. The molecule has 6 nitrogen and oxygen atoms in total. The predicted octanol–water partition coefficient (Wildman–Crippen LogP) is 1.72. The van der Waals surface area contributed by atoms with Crippen LogP contribution in [0.4, 0.5) is 0 Å². The van der Waals surface area contributed by atoms with Gasteiger partial charge < -0.3 is 9.88 Å². The van der Waals surface area contributed by atoms with Crippen LogP contribution in [0.5, 0.6) is 0 Å². The van der Waals surface area contributed by atoms with E-state index in [0.717, 1.165) is 11.4 Å². The lowest BCUT2D eigenvalue weighted by Gasteiger charge is -2.34. The van der Waals surface area contributed by atoms with E-state index in [2.05, 4.69) is 10.3 Å². The Bertz CT molecular complexity index is 819. The Balaban J connectivity index is 2.02. The van der Waals surface area contributed by atoms with Crippen molar-refractivity contribution in [2.24, 2.45) is 7.05 Å². The molecule has 1 aromatic carbocycles. The molecular formula is C15H19ClN4O2S. The molecule has 1 saturated heterocycles. The number of aryl methyl sites for hydroxylation is 2. The van der Waals surface area contributed by atoms with Gasteiger partial charge in [0.15, 0.2) is 0 Å². The number of nitrogens with one attached hydrogen (secondary N) is 1. The van der Waals surface area contributed by atoms with Crippen molar-refractivity contribution in [1.82, 2.24) is 19.2 Å². The summed E-state index contributed by atoms with van der Waals surface area (Å²) in [5.41, 5.74) is 0.853. The standard InChI is InChI=1S/C15H19ClN4O2S/c1-11-3-4-12(9-13(11)16)23(21,22)20-8-5-17-10-14(20)15-18-6-7-19(15)2/h3-4,6-7,9,14,17H,5,8,10H2,1-2H3. The van der Waals surface area contributed by atoms with Gasteiger partial charge in [-0.15, -0.1) is 0 Å². The maximum absolute atomic E-state index is 13.1. The maximum Gasteiger partial charge on any atom is 0.243 e. The van der Waals surface area contributed by atoms with Crippen LogP contribution >= 0.6 is 11.6 Å². The van der Waals surface area contributed by atoms with Gasteiger partial charge in [-0.05, 0) is 24.6 Å². The van der Waals surface area contributed by atoms with Gasteiger partial charge in [0.05, 0.1) is 10.9 Å². The lowest BCUT2D eigenvalue weighted by Crippen LogP contribution is -2.49. The molecule has 2 heterocycles. The molecule has 8 heteroatoms. The summed E-state index contributed by atoms with van der Waals surface area (Å²) in [6, 6.07) is 4.51.